The van der Waals surface area contributed by atoms with Crippen LogP contribution >= 0.6 is 0 Å². The molecule has 0 saturated heterocycles. The van der Waals surface area contributed by atoms with Gasteiger partial charge in [-0.1, -0.05) is 27.4 Å². The lowest BCUT2D eigenvalue weighted by Crippen LogP contribution is -2.35. The largest absolute Gasteiger partial charge is 0.513 e. The zero-order valence-corrected chi connectivity index (χ0v) is 15.3. The fourth-order valence-corrected chi connectivity index (χ4v) is 2.74. The van der Waals surface area contributed by atoms with Gasteiger partial charge in [0, 0.05) is 29.6 Å². The van der Waals surface area contributed by atoms with E-state index >= 15 is 0 Å². The SMILES string of the molecule is C=C(O)C[C@@H](Nc1nc(-c2c[nH]c3ncc(F)cc23)ncc1F)C(C)(C)C. The number of aromatic amines is 1. The number of hydrogen-bond donors (Lipinski definition) is 3. The molecule has 0 aliphatic rings. The zero-order chi connectivity index (χ0) is 19.8. The van der Waals surface area contributed by atoms with Gasteiger partial charge in [0.15, 0.2) is 17.5 Å². The van der Waals surface area contributed by atoms with Crippen LogP contribution in [-0.4, -0.2) is 31.1 Å². The van der Waals surface area contributed by atoms with Crippen molar-refractivity contribution in [1.82, 2.24) is 19.9 Å². The molecular weight excluding hydrogens is 352 g/mol. The van der Waals surface area contributed by atoms with Gasteiger partial charge in [0.05, 0.1) is 18.2 Å². The number of rotatable bonds is 5. The van der Waals surface area contributed by atoms with Crippen LogP contribution in [0.4, 0.5) is 14.6 Å². The van der Waals surface area contributed by atoms with Crippen molar-refractivity contribution in [3.63, 3.8) is 0 Å². The third kappa shape index (κ3) is 4.05. The number of halogens is 2. The summed E-state index contributed by atoms with van der Waals surface area (Å²) in [5, 5.41) is 13.1. The minimum Gasteiger partial charge on any atom is -0.513 e. The maximum Gasteiger partial charge on any atom is 0.183 e. The molecule has 0 aliphatic heterocycles. The zero-order valence-electron chi connectivity index (χ0n) is 15.3. The maximum absolute atomic E-state index is 14.3. The molecule has 0 radical (unpaired) electrons. The van der Waals surface area contributed by atoms with Crippen LogP contribution in [0.5, 0.6) is 0 Å². The van der Waals surface area contributed by atoms with Crippen molar-refractivity contribution < 1.29 is 13.9 Å². The summed E-state index contributed by atoms with van der Waals surface area (Å²) in [5.74, 6) is -0.887. The molecule has 0 fully saturated rings. The van der Waals surface area contributed by atoms with Crippen molar-refractivity contribution in [3.05, 3.63) is 48.6 Å². The van der Waals surface area contributed by atoms with Gasteiger partial charge in [0.2, 0.25) is 0 Å². The van der Waals surface area contributed by atoms with Crippen LogP contribution in [0.25, 0.3) is 22.4 Å². The van der Waals surface area contributed by atoms with Crippen LogP contribution in [0, 0.1) is 17.0 Å². The van der Waals surface area contributed by atoms with E-state index in [4.69, 9.17) is 0 Å². The Morgan fingerprint density at radius 1 is 1.30 bits per heavy atom. The summed E-state index contributed by atoms with van der Waals surface area (Å²) in [6, 6.07) is 1.01. The topological polar surface area (TPSA) is 86.7 Å². The van der Waals surface area contributed by atoms with Crippen molar-refractivity contribution >= 4 is 16.9 Å². The lowest BCUT2D eigenvalue weighted by molar-refractivity contribution is 0.295. The molecule has 3 N–H and O–H groups in total. The Labute approximate surface area is 155 Å². The molecule has 0 saturated carbocycles. The average Bonchev–Trinajstić information content (AvgIpc) is 2.98. The summed E-state index contributed by atoms with van der Waals surface area (Å²) >= 11 is 0. The number of H-pyrrole nitrogens is 1. The van der Waals surface area contributed by atoms with Crippen molar-refractivity contribution in [2.75, 3.05) is 5.32 Å². The smallest absolute Gasteiger partial charge is 0.183 e. The van der Waals surface area contributed by atoms with Crippen LogP contribution in [-0.2, 0) is 0 Å². The van der Waals surface area contributed by atoms with Gasteiger partial charge in [-0.05, 0) is 11.5 Å². The molecule has 3 aromatic rings. The molecule has 3 aromatic heterocycles. The van der Waals surface area contributed by atoms with E-state index in [0.717, 1.165) is 12.4 Å². The van der Waals surface area contributed by atoms with Gasteiger partial charge in [-0.3, -0.25) is 0 Å². The summed E-state index contributed by atoms with van der Waals surface area (Å²) in [7, 11) is 0. The molecule has 1 atom stereocenters. The average molecular weight is 373 g/mol. The van der Waals surface area contributed by atoms with Crippen molar-refractivity contribution in [2.24, 2.45) is 5.41 Å². The summed E-state index contributed by atoms with van der Waals surface area (Å²) < 4.78 is 27.9. The van der Waals surface area contributed by atoms with Gasteiger partial charge in [0.1, 0.15) is 11.5 Å². The molecule has 0 aromatic carbocycles. The summed E-state index contributed by atoms with van der Waals surface area (Å²) in [5.41, 5.74) is 0.703. The molecule has 0 bridgehead atoms. The molecule has 27 heavy (non-hydrogen) atoms. The second-order valence-electron chi connectivity index (χ2n) is 7.48. The first-order valence-electron chi connectivity index (χ1n) is 8.44. The van der Waals surface area contributed by atoms with Gasteiger partial charge in [0.25, 0.3) is 0 Å². The highest BCUT2D eigenvalue weighted by Gasteiger charge is 2.27. The standard InChI is InChI=1S/C19H21F2N5O/c1-10(27)5-15(19(2,3)4)25-18-14(21)9-24-17(26-18)13-8-23-16-12(13)6-11(20)7-22-16/h6-9,15,27H,1,5H2,2-4H3,(H,22,23)(H,24,25,26)/t15-/m1/s1. The maximum atomic E-state index is 14.3. The lowest BCUT2D eigenvalue weighted by Gasteiger charge is -2.31. The molecular formula is C19H21F2N5O. The quantitative estimate of drug-likeness (QED) is 0.570. The van der Waals surface area contributed by atoms with Gasteiger partial charge in [-0.25, -0.2) is 23.7 Å². The predicted octanol–water partition coefficient (Wildman–Crippen LogP) is 4.59. The number of pyridine rings is 1. The molecule has 0 amide bonds. The normalized spacial score (nSPS) is 12.9. The van der Waals surface area contributed by atoms with E-state index in [0.29, 0.717) is 16.6 Å². The van der Waals surface area contributed by atoms with Crippen LogP contribution in [0.2, 0.25) is 0 Å². The van der Waals surface area contributed by atoms with Gasteiger partial charge >= 0.3 is 0 Å². The van der Waals surface area contributed by atoms with Crippen LogP contribution < -0.4 is 5.32 Å². The second kappa shape index (κ2) is 6.94. The molecule has 0 unspecified atom stereocenters. The van der Waals surface area contributed by atoms with E-state index in [1.165, 1.54) is 6.07 Å². The van der Waals surface area contributed by atoms with Gasteiger partial charge < -0.3 is 15.4 Å². The van der Waals surface area contributed by atoms with E-state index in [2.05, 4.69) is 31.8 Å². The highest BCUT2D eigenvalue weighted by Crippen LogP contribution is 2.30. The highest BCUT2D eigenvalue weighted by molar-refractivity contribution is 5.91. The first kappa shape index (κ1) is 18.8. The first-order chi connectivity index (χ1) is 12.6. The van der Waals surface area contributed by atoms with E-state index in [9.17, 15) is 13.9 Å². The Kier molecular flexibility index (Phi) is 4.82. The van der Waals surface area contributed by atoms with Crippen LogP contribution in [0.3, 0.4) is 0 Å². The molecule has 6 nitrogen and oxygen atoms in total. The molecule has 142 valence electrons. The van der Waals surface area contributed by atoms with Gasteiger partial charge in [-0.15, -0.1) is 0 Å². The molecule has 0 aliphatic carbocycles. The lowest BCUT2D eigenvalue weighted by atomic mass is 9.84. The number of nitrogens with one attached hydrogen (secondary N) is 2. The number of fused-ring (bicyclic) bond motifs is 1. The minimum atomic E-state index is -0.624. The second-order valence-corrected chi connectivity index (χ2v) is 7.48. The summed E-state index contributed by atoms with van der Waals surface area (Å²) in [6.07, 6.45) is 4.01. The monoisotopic (exact) mass is 373 g/mol. The van der Waals surface area contributed by atoms with E-state index in [1.807, 2.05) is 20.8 Å². The fraction of sp³-hybridized carbons (Fsp3) is 0.316. The molecule has 0 spiro atoms. The van der Waals surface area contributed by atoms with Gasteiger partial charge in [-0.2, -0.15) is 0 Å². The van der Waals surface area contributed by atoms with Crippen LogP contribution in [0.1, 0.15) is 27.2 Å². The van der Waals surface area contributed by atoms with E-state index in [1.54, 1.807) is 6.20 Å². The Morgan fingerprint density at radius 2 is 2.04 bits per heavy atom. The number of aliphatic hydroxyl groups excluding tert-OH is 1. The van der Waals surface area contributed by atoms with Crippen LogP contribution in [0.15, 0.2) is 37.0 Å². The number of anilines is 1. The van der Waals surface area contributed by atoms with Crippen molar-refractivity contribution in [1.29, 1.82) is 0 Å². The Morgan fingerprint density at radius 3 is 2.70 bits per heavy atom. The summed E-state index contributed by atoms with van der Waals surface area (Å²) in [6.45, 7) is 9.40. The van der Waals surface area contributed by atoms with Crippen molar-refractivity contribution in [3.8, 4) is 11.4 Å². The van der Waals surface area contributed by atoms with E-state index < -0.39 is 11.6 Å². The Bertz CT molecular complexity index is 993. The highest BCUT2D eigenvalue weighted by atomic mass is 19.1. The Balaban J connectivity index is 2.01. The number of aliphatic hydroxyl groups is 1. The number of aromatic nitrogens is 4. The summed E-state index contributed by atoms with van der Waals surface area (Å²) in [4.78, 5) is 15.2. The predicted molar refractivity (Wildman–Crippen MR) is 100 cm³/mol. The number of hydrogen-bond acceptors (Lipinski definition) is 5. The van der Waals surface area contributed by atoms with Crippen molar-refractivity contribution in [2.45, 2.75) is 33.2 Å². The molecule has 3 rings (SSSR count). The third-order valence-corrected chi connectivity index (χ3v) is 4.28. The fourth-order valence-electron chi connectivity index (χ4n) is 2.74. The first-order valence-corrected chi connectivity index (χ1v) is 8.44. The minimum absolute atomic E-state index is 0.000104. The molecule has 8 heteroatoms. The number of nitrogens with zero attached hydrogens (tertiary/aromatic N) is 3. The Hall–Kier alpha value is -3.03. The van der Waals surface area contributed by atoms with E-state index in [-0.39, 0.29) is 35.3 Å². The third-order valence-electron chi connectivity index (χ3n) is 4.28. The molecule has 3 heterocycles.